The summed E-state index contributed by atoms with van der Waals surface area (Å²) in [5.74, 6) is 0. The minimum absolute atomic E-state index is 0. The molecule has 0 aliphatic rings. The van der Waals surface area contributed by atoms with Gasteiger partial charge in [-0.15, -0.1) is 0 Å². The second kappa shape index (κ2) is 6.43. The summed E-state index contributed by atoms with van der Waals surface area (Å²) in [5.41, 5.74) is 0. The first-order valence-electron chi connectivity index (χ1n) is 0.667. The molecule has 0 spiro atoms. The Bertz CT molecular complexity index is 94.9. The van der Waals surface area contributed by atoms with E-state index in [1.165, 1.54) is 0 Å². The molecule has 0 N–H and O–H groups in total. The van der Waals surface area contributed by atoms with Gasteiger partial charge in [-0.1, -0.05) is 0 Å². The van der Waals surface area contributed by atoms with Gasteiger partial charge in [-0.2, -0.15) is 0 Å². The van der Waals surface area contributed by atoms with E-state index in [1.54, 1.807) is 0 Å². The zero-order valence-electron chi connectivity index (χ0n) is 3.75. The van der Waals surface area contributed by atoms with Gasteiger partial charge in [0.25, 0.3) is 0 Å². The van der Waals surface area contributed by atoms with Gasteiger partial charge in [0.05, 0.1) is 0 Å². The van der Waals surface area contributed by atoms with Crippen LogP contribution in [0.2, 0.25) is 0 Å². The van der Waals surface area contributed by atoms with Crippen LogP contribution in [0.4, 0.5) is 0 Å². The summed E-state index contributed by atoms with van der Waals surface area (Å²) in [7, 11) is 0. The quantitative estimate of drug-likeness (QED) is 0.381. The third-order valence-corrected chi connectivity index (χ3v) is 0. The van der Waals surface area contributed by atoms with Crippen molar-refractivity contribution in [1.82, 2.24) is 0 Å². The largest absolute Gasteiger partial charge is 2.00 e. The second-order valence-corrected chi connectivity index (χ2v) is 1.68. The first-order valence-corrected chi connectivity index (χ1v) is 2.75. The van der Waals surface area contributed by atoms with E-state index < -0.39 is 13.6 Å². The zero-order valence-corrected chi connectivity index (χ0v) is 11.1. The van der Waals surface area contributed by atoms with Gasteiger partial charge in [-0.25, -0.2) is 0 Å². The van der Waals surface area contributed by atoms with Crippen LogP contribution in [0.25, 0.3) is 0 Å². The zero-order chi connectivity index (χ0) is 4.50. The van der Waals surface area contributed by atoms with Crippen molar-refractivity contribution < 1.29 is 100 Å². The summed E-state index contributed by atoms with van der Waals surface area (Å²) in [6, 6.07) is 0. The standard InChI is InChI=1S/Cr.K.4O.Zn/q;+1;;;2*-1;+2. The minimum atomic E-state index is -5.75. The SMILES string of the molecule is [K+].[O]=[Cr](=[O])([O-])[O-].[Zn+2]. The van der Waals surface area contributed by atoms with Gasteiger partial charge in [0.2, 0.25) is 0 Å². The Kier molecular flexibility index (Phi) is 14.8. The number of rotatable bonds is 0. The van der Waals surface area contributed by atoms with Gasteiger partial charge < -0.3 is 0 Å². The Morgan fingerprint density at radius 2 is 1.14 bits per heavy atom. The molecule has 0 fully saturated rings. The summed E-state index contributed by atoms with van der Waals surface area (Å²) in [5, 5.41) is 0. The molecule has 0 aliphatic carbocycles. The maximum absolute atomic E-state index is 8.59. The molecule has 0 radical (unpaired) electrons. The van der Waals surface area contributed by atoms with Crippen LogP contribution in [0.5, 0.6) is 0 Å². The molecule has 0 aromatic carbocycles. The average molecular weight is 220 g/mol. The summed E-state index contributed by atoms with van der Waals surface area (Å²) in [4.78, 5) is 0. The van der Waals surface area contributed by atoms with Crippen LogP contribution in [-0.4, -0.2) is 0 Å². The molecule has 0 aliphatic heterocycles. The van der Waals surface area contributed by atoms with Crippen molar-refractivity contribution in [3.63, 3.8) is 0 Å². The Morgan fingerprint density at radius 1 is 1.14 bits per heavy atom. The normalized spacial score (nSPS) is 8.29. The van der Waals surface area contributed by atoms with Crippen LogP contribution < -0.4 is 59.7 Å². The molecule has 0 amide bonds. The van der Waals surface area contributed by atoms with Crippen LogP contribution in [0.1, 0.15) is 0 Å². The topological polar surface area (TPSA) is 80.3 Å². The van der Waals surface area contributed by atoms with Crippen molar-refractivity contribution >= 4 is 0 Å². The summed E-state index contributed by atoms with van der Waals surface area (Å²) >= 11 is -5.75. The molecule has 0 rings (SSSR count). The molecule has 0 bridgehead atoms. The van der Waals surface area contributed by atoms with E-state index in [2.05, 4.69) is 0 Å². The monoisotopic (exact) mass is 219 g/mol. The van der Waals surface area contributed by atoms with E-state index in [9.17, 15) is 0 Å². The predicted octanol–water partition coefficient (Wildman–Crippen LogP) is -5.62. The van der Waals surface area contributed by atoms with Crippen LogP contribution in [0.15, 0.2) is 0 Å². The van der Waals surface area contributed by atoms with Gasteiger partial charge in [0.15, 0.2) is 0 Å². The number of hydrogen-bond acceptors (Lipinski definition) is 4. The fraction of sp³-hybridized carbons (Fsp3) is 0. The van der Waals surface area contributed by atoms with E-state index >= 15 is 0 Å². The van der Waals surface area contributed by atoms with Crippen molar-refractivity contribution in [2.75, 3.05) is 0 Å². The molecule has 0 saturated carbocycles. The van der Waals surface area contributed by atoms with Gasteiger partial charge >= 0.3 is 100 Å². The van der Waals surface area contributed by atoms with E-state index in [-0.39, 0.29) is 70.9 Å². The second-order valence-electron chi connectivity index (χ2n) is 0.408. The van der Waals surface area contributed by atoms with Gasteiger partial charge in [-0.3, -0.25) is 0 Å². The van der Waals surface area contributed by atoms with Crippen LogP contribution in [0.3, 0.4) is 0 Å². The van der Waals surface area contributed by atoms with Crippen LogP contribution in [0, 0.1) is 0 Å². The van der Waals surface area contributed by atoms with Crippen molar-refractivity contribution in [3.05, 3.63) is 0 Å². The molecule has 0 aromatic rings. The molecular weight excluding hydrogens is 220 g/mol. The molecule has 0 unspecified atom stereocenters. The summed E-state index contributed by atoms with van der Waals surface area (Å²) < 4.78 is 34.4. The molecule has 7 heteroatoms. The van der Waals surface area contributed by atoms with Crippen molar-refractivity contribution in [2.24, 2.45) is 0 Å². The van der Waals surface area contributed by atoms with Crippen LogP contribution >= 0.6 is 0 Å². The van der Waals surface area contributed by atoms with E-state index in [0.29, 0.717) is 0 Å². The first-order chi connectivity index (χ1) is 2.00. The third-order valence-electron chi connectivity index (χ3n) is 0. The molecule has 0 heterocycles. The van der Waals surface area contributed by atoms with Gasteiger partial charge in [0, 0.05) is 0 Å². The van der Waals surface area contributed by atoms with E-state index in [1.807, 2.05) is 0 Å². The minimum Gasteiger partial charge on any atom is 2.00 e. The molecule has 0 saturated heterocycles. The Labute approximate surface area is 98.2 Å². The van der Waals surface area contributed by atoms with Crippen molar-refractivity contribution in [1.29, 1.82) is 0 Å². The van der Waals surface area contributed by atoms with Crippen molar-refractivity contribution in [3.8, 4) is 0 Å². The molecular formula is CrKO4Zn+. The first kappa shape index (κ1) is 16.1. The molecule has 4 nitrogen and oxygen atoms in total. The van der Waals surface area contributed by atoms with Gasteiger partial charge in [-0.05, 0) is 0 Å². The Morgan fingerprint density at radius 3 is 1.14 bits per heavy atom. The fourth-order valence-corrected chi connectivity index (χ4v) is 0. The molecule has 0 atom stereocenters. The van der Waals surface area contributed by atoms with Crippen LogP contribution in [-0.2, 0) is 40.7 Å². The summed E-state index contributed by atoms with van der Waals surface area (Å²) in [6.45, 7) is 0. The van der Waals surface area contributed by atoms with Gasteiger partial charge in [0.1, 0.15) is 0 Å². The van der Waals surface area contributed by atoms with E-state index in [4.69, 9.17) is 15.9 Å². The molecule has 0 aromatic heterocycles. The smallest absolute Gasteiger partial charge is 2.00 e. The Balaban J connectivity index is -0.0000000800. The fourth-order valence-electron chi connectivity index (χ4n) is 0. The predicted molar refractivity (Wildman–Crippen MR) is 1.37 cm³/mol. The van der Waals surface area contributed by atoms with E-state index in [0.717, 1.165) is 0 Å². The van der Waals surface area contributed by atoms with Crippen molar-refractivity contribution in [2.45, 2.75) is 0 Å². The average Bonchev–Trinajstić information content (AvgIpc) is 0.722. The third kappa shape index (κ3) is 61.9. The number of hydrogen-bond donors (Lipinski definition) is 0. The molecule has 32 valence electrons. The summed E-state index contributed by atoms with van der Waals surface area (Å²) in [6.07, 6.45) is 0. The maximum atomic E-state index is 8.59. The maximum Gasteiger partial charge on any atom is 2.00 e. The molecule has 7 heavy (non-hydrogen) atoms. The Hall–Kier alpha value is 2.31.